The highest BCUT2D eigenvalue weighted by Crippen LogP contribution is 2.31. The standard InChI is InChI=1S/C25H27N9O/c1-16-9-10-20(15-34(16)17(2)35)24-28-22(19-7-5-11-26-14-19)13-23(29-24)27-21-8-4-6-18(12-21)25-30-31-32-33(25)3/h4-8,11-14,16,20H,9-10,15H2,1-3H3,(H,27,28,29)/t16-,20+/m0/s1. The lowest BCUT2D eigenvalue weighted by molar-refractivity contribution is -0.132. The van der Waals surface area contributed by atoms with E-state index >= 15 is 0 Å². The zero-order valence-corrected chi connectivity index (χ0v) is 20.0. The molecule has 0 unspecified atom stereocenters. The van der Waals surface area contributed by atoms with Crippen LogP contribution in [0.4, 0.5) is 11.5 Å². The number of carbonyl (C=O) groups excluding carboxylic acids is 1. The van der Waals surface area contributed by atoms with Crippen molar-refractivity contribution in [1.82, 2.24) is 40.1 Å². The summed E-state index contributed by atoms with van der Waals surface area (Å²) in [6.07, 6.45) is 5.38. The molecule has 1 saturated heterocycles. The molecule has 1 aliphatic rings. The monoisotopic (exact) mass is 469 g/mol. The minimum Gasteiger partial charge on any atom is -0.340 e. The maximum Gasteiger partial charge on any atom is 0.219 e. The minimum absolute atomic E-state index is 0.0586. The van der Waals surface area contributed by atoms with E-state index in [1.54, 1.807) is 24.0 Å². The van der Waals surface area contributed by atoms with E-state index in [2.05, 4.69) is 32.7 Å². The van der Waals surface area contributed by atoms with Crippen LogP contribution in [0, 0.1) is 0 Å². The summed E-state index contributed by atoms with van der Waals surface area (Å²) in [4.78, 5) is 28.1. The van der Waals surface area contributed by atoms with Gasteiger partial charge in [0.25, 0.3) is 0 Å². The average molecular weight is 470 g/mol. The Balaban J connectivity index is 1.50. The summed E-state index contributed by atoms with van der Waals surface area (Å²) in [6.45, 7) is 4.33. The Hall–Kier alpha value is -4.21. The summed E-state index contributed by atoms with van der Waals surface area (Å²) in [5, 5.41) is 15.2. The number of tetrazole rings is 1. The van der Waals surface area contributed by atoms with Crippen molar-refractivity contribution < 1.29 is 4.79 Å². The highest BCUT2D eigenvalue weighted by Gasteiger charge is 2.30. The van der Waals surface area contributed by atoms with Crippen LogP contribution < -0.4 is 5.32 Å². The maximum absolute atomic E-state index is 12.2. The largest absolute Gasteiger partial charge is 0.340 e. The fourth-order valence-corrected chi connectivity index (χ4v) is 4.49. The number of anilines is 2. The Labute approximate surface area is 203 Å². The van der Waals surface area contributed by atoms with Gasteiger partial charge in [0, 0.05) is 67.8 Å². The van der Waals surface area contributed by atoms with Crippen molar-refractivity contribution in [1.29, 1.82) is 0 Å². The van der Waals surface area contributed by atoms with Gasteiger partial charge in [0.2, 0.25) is 5.91 Å². The van der Waals surface area contributed by atoms with Gasteiger partial charge in [-0.15, -0.1) is 5.10 Å². The molecule has 10 heteroatoms. The van der Waals surface area contributed by atoms with Crippen LogP contribution in [-0.2, 0) is 11.8 Å². The molecule has 4 heterocycles. The quantitative estimate of drug-likeness (QED) is 0.472. The van der Waals surface area contributed by atoms with Crippen LogP contribution in [0.3, 0.4) is 0 Å². The molecule has 1 amide bonds. The fourth-order valence-electron chi connectivity index (χ4n) is 4.49. The predicted molar refractivity (Wildman–Crippen MR) is 132 cm³/mol. The van der Waals surface area contributed by atoms with Gasteiger partial charge in [-0.25, -0.2) is 14.6 Å². The summed E-state index contributed by atoms with van der Waals surface area (Å²) in [5.41, 5.74) is 3.44. The second-order valence-corrected chi connectivity index (χ2v) is 8.86. The zero-order valence-electron chi connectivity index (χ0n) is 20.0. The van der Waals surface area contributed by atoms with Crippen LogP contribution in [-0.4, -0.2) is 58.6 Å². The van der Waals surface area contributed by atoms with E-state index in [9.17, 15) is 4.79 Å². The molecule has 1 fully saturated rings. The molecule has 10 nitrogen and oxygen atoms in total. The number of aryl methyl sites for hydroxylation is 1. The van der Waals surface area contributed by atoms with E-state index in [1.165, 1.54) is 0 Å². The predicted octanol–water partition coefficient (Wildman–Crippen LogP) is 3.59. The maximum atomic E-state index is 12.2. The second kappa shape index (κ2) is 9.57. The molecule has 4 aromatic rings. The number of rotatable bonds is 5. The summed E-state index contributed by atoms with van der Waals surface area (Å²) < 4.78 is 1.63. The van der Waals surface area contributed by atoms with Crippen molar-refractivity contribution >= 4 is 17.4 Å². The van der Waals surface area contributed by atoms with Gasteiger partial charge < -0.3 is 10.2 Å². The third-order valence-electron chi connectivity index (χ3n) is 6.37. The normalized spacial score (nSPS) is 17.9. The number of aromatic nitrogens is 7. The summed E-state index contributed by atoms with van der Waals surface area (Å²) in [7, 11) is 1.81. The smallest absolute Gasteiger partial charge is 0.219 e. The number of likely N-dealkylation sites (tertiary alicyclic amines) is 1. The Kier molecular flexibility index (Phi) is 6.17. The minimum atomic E-state index is 0.0586. The Morgan fingerprint density at radius 3 is 2.69 bits per heavy atom. The molecule has 35 heavy (non-hydrogen) atoms. The Bertz CT molecular complexity index is 1340. The number of hydrogen-bond donors (Lipinski definition) is 1. The summed E-state index contributed by atoms with van der Waals surface area (Å²) in [5.74, 6) is 2.21. The van der Waals surface area contributed by atoms with Crippen molar-refractivity contribution in [2.24, 2.45) is 7.05 Å². The molecule has 3 aromatic heterocycles. The first kappa shape index (κ1) is 22.6. The lowest BCUT2D eigenvalue weighted by Gasteiger charge is -2.37. The molecule has 0 bridgehead atoms. The highest BCUT2D eigenvalue weighted by molar-refractivity contribution is 5.74. The van der Waals surface area contributed by atoms with E-state index < -0.39 is 0 Å². The third-order valence-corrected chi connectivity index (χ3v) is 6.37. The Morgan fingerprint density at radius 1 is 1.09 bits per heavy atom. The van der Waals surface area contributed by atoms with Crippen molar-refractivity contribution in [2.75, 3.05) is 11.9 Å². The van der Waals surface area contributed by atoms with Gasteiger partial charge in [0.15, 0.2) is 5.82 Å². The number of amides is 1. The first-order valence-corrected chi connectivity index (χ1v) is 11.6. The van der Waals surface area contributed by atoms with Crippen LogP contribution in [0.15, 0.2) is 54.9 Å². The fraction of sp³-hybridized carbons (Fsp3) is 0.320. The third kappa shape index (κ3) is 4.86. The molecule has 0 saturated carbocycles. The molecule has 0 radical (unpaired) electrons. The second-order valence-electron chi connectivity index (χ2n) is 8.86. The topological polar surface area (TPSA) is 115 Å². The molecule has 0 aliphatic carbocycles. The van der Waals surface area contributed by atoms with E-state index in [0.717, 1.165) is 41.2 Å². The van der Waals surface area contributed by atoms with Crippen molar-refractivity contribution in [3.63, 3.8) is 0 Å². The number of carbonyl (C=O) groups is 1. The van der Waals surface area contributed by atoms with E-state index in [1.807, 2.05) is 54.4 Å². The van der Waals surface area contributed by atoms with Crippen LogP contribution in [0.5, 0.6) is 0 Å². The molecular formula is C25H27N9O. The molecule has 1 aliphatic heterocycles. The number of nitrogens with one attached hydrogen (secondary N) is 1. The molecular weight excluding hydrogens is 442 g/mol. The van der Waals surface area contributed by atoms with Crippen molar-refractivity contribution in [3.8, 4) is 22.6 Å². The zero-order chi connectivity index (χ0) is 24.4. The van der Waals surface area contributed by atoms with Crippen LogP contribution in [0.2, 0.25) is 0 Å². The van der Waals surface area contributed by atoms with Gasteiger partial charge >= 0.3 is 0 Å². The first-order chi connectivity index (χ1) is 17.0. The number of hydrogen-bond acceptors (Lipinski definition) is 8. The summed E-state index contributed by atoms with van der Waals surface area (Å²) in [6, 6.07) is 13.9. The molecule has 5 rings (SSSR count). The van der Waals surface area contributed by atoms with Gasteiger partial charge in [-0.3, -0.25) is 9.78 Å². The van der Waals surface area contributed by atoms with Crippen molar-refractivity contribution in [2.45, 2.75) is 38.6 Å². The number of piperidine rings is 1. The lowest BCUT2D eigenvalue weighted by atomic mass is 9.92. The van der Waals surface area contributed by atoms with Crippen LogP contribution in [0.25, 0.3) is 22.6 Å². The molecule has 1 aromatic carbocycles. The van der Waals surface area contributed by atoms with Crippen molar-refractivity contribution in [3.05, 3.63) is 60.7 Å². The Morgan fingerprint density at radius 2 is 1.94 bits per heavy atom. The van der Waals surface area contributed by atoms with Gasteiger partial charge in [0.05, 0.1) is 5.69 Å². The molecule has 0 spiro atoms. The van der Waals surface area contributed by atoms with Crippen LogP contribution in [0.1, 0.15) is 38.4 Å². The van der Waals surface area contributed by atoms with E-state index in [4.69, 9.17) is 9.97 Å². The molecule has 2 atom stereocenters. The van der Waals surface area contributed by atoms with Crippen LogP contribution >= 0.6 is 0 Å². The molecule has 178 valence electrons. The SMILES string of the molecule is CC(=O)N1C[C@H](c2nc(Nc3cccc(-c4nnnn4C)c3)cc(-c3cccnc3)n2)CC[C@@H]1C. The van der Waals surface area contributed by atoms with Gasteiger partial charge in [-0.1, -0.05) is 12.1 Å². The van der Waals surface area contributed by atoms with Gasteiger partial charge in [-0.05, 0) is 54.5 Å². The van der Waals surface area contributed by atoms with E-state index in [0.29, 0.717) is 18.2 Å². The average Bonchev–Trinajstić information content (AvgIpc) is 3.30. The highest BCUT2D eigenvalue weighted by atomic mass is 16.2. The lowest BCUT2D eigenvalue weighted by Crippen LogP contribution is -2.44. The van der Waals surface area contributed by atoms with Gasteiger partial charge in [-0.2, -0.15) is 0 Å². The molecule has 1 N–H and O–H groups in total. The number of nitrogens with zero attached hydrogens (tertiary/aromatic N) is 8. The number of benzene rings is 1. The first-order valence-electron chi connectivity index (χ1n) is 11.6. The van der Waals surface area contributed by atoms with Gasteiger partial charge in [0.1, 0.15) is 11.6 Å². The number of pyridine rings is 1. The summed E-state index contributed by atoms with van der Waals surface area (Å²) >= 11 is 0. The van der Waals surface area contributed by atoms with E-state index in [-0.39, 0.29) is 17.9 Å².